The molecule has 26 heavy (non-hydrogen) atoms. The van der Waals surface area contributed by atoms with Crippen molar-refractivity contribution in [2.24, 2.45) is 5.92 Å². The van der Waals surface area contributed by atoms with E-state index in [9.17, 15) is 4.79 Å². The molecule has 0 bridgehead atoms. The summed E-state index contributed by atoms with van der Waals surface area (Å²) in [6.07, 6.45) is 6.55. The van der Waals surface area contributed by atoms with E-state index in [1.165, 1.54) is 48.8 Å². The minimum Gasteiger partial charge on any atom is -0.361 e. The molecular formula is C22H30N2OS. The maximum absolute atomic E-state index is 11.6. The molecule has 4 heteroatoms. The van der Waals surface area contributed by atoms with Crippen molar-refractivity contribution in [3.63, 3.8) is 0 Å². The van der Waals surface area contributed by atoms with E-state index in [0.717, 1.165) is 5.75 Å². The van der Waals surface area contributed by atoms with Crippen molar-refractivity contribution in [3.05, 3.63) is 35.5 Å². The molecule has 1 N–H and O–H groups in total. The zero-order valence-corrected chi connectivity index (χ0v) is 16.8. The second-order valence-corrected chi connectivity index (χ2v) is 9.00. The van der Waals surface area contributed by atoms with Gasteiger partial charge in [-0.1, -0.05) is 26.0 Å². The number of ketones is 1. The lowest BCUT2D eigenvalue weighted by atomic mass is 9.72. The molecule has 1 fully saturated rings. The molecule has 0 unspecified atom stereocenters. The van der Waals surface area contributed by atoms with Crippen LogP contribution >= 0.6 is 11.8 Å². The van der Waals surface area contributed by atoms with Crippen molar-refractivity contribution in [2.75, 3.05) is 24.6 Å². The third-order valence-corrected chi connectivity index (χ3v) is 7.42. The summed E-state index contributed by atoms with van der Waals surface area (Å²) in [5.41, 5.74) is 4.35. The zero-order valence-electron chi connectivity index (χ0n) is 16.0. The largest absolute Gasteiger partial charge is 0.361 e. The molecule has 0 spiro atoms. The summed E-state index contributed by atoms with van der Waals surface area (Å²) in [7, 11) is 0. The standard InChI is InChI=1S/C22H30N2OS/c1-3-8-24-12-15(13-26-14-17(25)4-2)9-19-18-6-5-7-20-22(18)16(11-23-20)10-21(19)24/h5-7,11,15,19,21,23H,3-4,8-10,12-14H2,1-2H3/t15-,19-,21-/m1/s1. The molecule has 1 aliphatic carbocycles. The predicted octanol–water partition coefficient (Wildman–Crippen LogP) is 4.62. The smallest absolute Gasteiger partial charge is 0.142 e. The van der Waals surface area contributed by atoms with E-state index in [1.54, 1.807) is 5.56 Å². The molecule has 140 valence electrons. The Bertz CT molecular complexity index is 784. The molecule has 1 aliphatic heterocycles. The third kappa shape index (κ3) is 3.34. The quantitative estimate of drug-likeness (QED) is 0.772. The topological polar surface area (TPSA) is 36.1 Å². The number of thioether (sulfide) groups is 1. The number of piperidine rings is 1. The number of carbonyl (C=O) groups is 1. The lowest BCUT2D eigenvalue weighted by molar-refractivity contribution is -0.116. The third-order valence-electron chi connectivity index (χ3n) is 6.18. The number of hydrogen-bond acceptors (Lipinski definition) is 3. The van der Waals surface area contributed by atoms with Gasteiger partial charge in [-0.3, -0.25) is 9.69 Å². The van der Waals surface area contributed by atoms with E-state index in [-0.39, 0.29) is 0 Å². The lowest BCUT2D eigenvalue weighted by Gasteiger charge is -2.47. The number of fused-ring (bicyclic) bond motifs is 2. The van der Waals surface area contributed by atoms with Crippen molar-refractivity contribution in [2.45, 2.75) is 51.5 Å². The average molecular weight is 371 g/mol. The van der Waals surface area contributed by atoms with Crippen LogP contribution in [0.15, 0.2) is 24.4 Å². The van der Waals surface area contributed by atoms with Crippen LogP contribution in [0.5, 0.6) is 0 Å². The normalized spacial score (nSPS) is 25.4. The maximum atomic E-state index is 11.6. The molecule has 4 rings (SSSR count). The molecule has 2 aliphatic rings. The second-order valence-electron chi connectivity index (χ2n) is 7.97. The molecule has 0 saturated carbocycles. The minimum atomic E-state index is 0.383. The number of nitrogens with zero attached hydrogens (tertiary/aromatic N) is 1. The van der Waals surface area contributed by atoms with Gasteiger partial charge >= 0.3 is 0 Å². The van der Waals surface area contributed by atoms with E-state index < -0.39 is 0 Å². The van der Waals surface area contributed by atoms with Crippen molar-refractivity contribution in [1.29, 1.82) is 0 Å². The van der Waals surface area contributed by atoms with Crippen molar-refractivity contribution in [3.8, 4) is 0 Å². The number of rotatable bonds is 7. The first-order chi connectivity index (χ1) is 12.7. The highest BCUT2D eigenvalue weighted by atomic mass is 32.2. The Balaban J connectivity index is 1.57. The molecule has 2 heterocycles. The number of hydrogen-bond donors (Lipinski definition) is 1. The summed E-state index contributed by atoms with van der Waals surface area (Å²) in [6, 6.07) is 7.42. The van der Waals surface area contributed by atoms with Crippen LogP contribution in [0.1, 0.15) is 50.2 Å². The lowest BCUT2D eigenvalue weighted by Crippen LogP contribution is -2.50. The maximum Gasteiger partial charge on any atom is 0.142 e. The van der Waals surface area contributed by atoms with Crippen LogP contribution in [0.3, 0.4) is 0 Å². The van der Waals surface area contributed by atoms with Gasteiger partial charge in [0.15, 0.2) is 0 Å². The Morgan fingerprint density at radius 3 is 3.04 bits per heavy atom. The molecule has 3 nitrogen and oxygen atoms in total. The fraction of sp³-hybridized carbons (Fsp3) is 0.591. The van der Waals surface area contributed by atoms with Crippen LogP contribution < -0.4 is 0 Å². The van der Waals surface area contributed by atoms with Gasteiger partial charge in [-0.25, -0.2) is 0 Å². The summed E-state index contributed by atoms with van der Waals surface area (Å²) in [4.78, 5) is 17.9. The molecule has 1 aromatic carbocycles. The van der Waals surface area contributed by atoms with Gasteiger partial charge in [0.05, 0.1) is 5.75 Å². The van der Waals surface area contributed by atoms with Gasteiger partial charge in [0.1, 0.15) is 5.78 Å². The number of aromatic nitrogens is 1. The van der Waals surface area contributed by atoms with Gasteiger partial charge in [-0.05, 0) is 54.7 Å². The molecule has 1 aromatic heterocycles. The Kier molecular flexibility index (Phi) is 5.42. The minimum absolute atomic E-state index is 0.383. The molecule has 3 atom stereocenters. The summed E-state index contributed by atoms with van der Waals surface area (Å²) >= 11 is 1.85. The summed E-state index contributed by atoms with van der Waals surface area (Å²) in [5, 5.41) is 1.49. The van der Waals surface area contributed by atoms with Crippen LogP contribution in [0.4, 0.5) is 0 Å². The van der Waals surface area contributed by atoms with E-state index in [2.05, 4.69) is 41.2 Å². The van der Waals surface area contributed by atoms with Gasteiger partial charge in [-0.2, -0.15) is 11.8 Å². The second kappa shape index (κ2) is 7.77. The molecule has 0 amide bonds. The highest BCUT2D eigenvalue weighted by Gasteiger charge is 2.40. The first-order valence-corrected chi connectivity index (χ1v) is 11.3. The molecular weight excluding hydrogens is 340 g/mol. The number of carbonyl (C=O) groups excluding carboxylic acids is 1. The van der Waals surface area contributed by atoms with Crippen LogP contribution in [0.2, 0.25) is 0 Å². The number of benzene rings is 1. The zero-order chi connectivity index (χ0) is 18.1. The number of H-pyrrole nitrogens is 1. The van der Waals surface area contributed by atoms with Gasteiger partial charge in [0, 0.05) is 42.0 Å². The van der Waals surface area contributed by atoms with Crippen molar-refractivity contribution in [1.82, 2.24) is 9.88 Å². The first-order valence-electron chi connectivity index (χ1n) is 10.1. The van der Waals surface area contributed by atoms with Crippen LogP contribution in [-0.4, -0.2) is 46.3 Å². The number of aromatic amines is 1. The van der Waals surface area contributed by atoms with Gasteiger partial charge in [-0.15, -0.1) is 0 Å². The Labute approximate surface area is 160 Å². The number of nitrogens with one attached hydrogen (secondary N) is 1. The average Bonchev–Trinajstić information content (AvgIpc) is 3.07. The van der Waals surface area contributed by atoms with Gasteiger partial charge in [0.25, 0.3) is 0 Å². The Hall–Kier alpha value is -1.26. The van der Waals surface area contributed by atoms with E-state index in [4.69, 9.17) is 0 Å². The van der Waals surface area contributed by atoms with Gasteiger partial charge < -0.3 is 4.98 Å². The Morgan fingerprint density at radius 2 is 2.23 bits per heavy atom. The summed E-state index contributed by atoms with van der Waals surface area (Å²) in [6.45, 7) is 6.64. The highest BCUT2D eigenvalue weighted by Crippen LogP contribution is 2.45. The number of Topliss-reactive ketones (excluding diaryl/α,β-unsaturated/α-hetero) is 1. The first kappa shape index (κ1) is 18.1. The van der Waals surface area contributed by atoms with E-state index >= 15 is 0 Å². The number of likely N-dealkylation sites (tertiary alicyclic amines) is 1. The van der Waals surface area contributed by atoms with E-state index in [0.29, 0.717) is 35.8 Å². The van der Waals surface area contributed by atoms with Crippen LogP contribution in [-0.2, 0) is 11.2 Å². The van der Waals surface area contributed by atoms with Crippen molar-refractivity contribution >= 4 is 28.4 Å². The van der Waals surface area contributed by atoms with Gasteiger partial charge in [0.2, 0.25) is 0 Å². The van der Waals surface area contributed by atoms with E-state index in [1.807, 2.05) is 18.7 Å². The fourth-order valence-electron chi connectivity index (χ4n) is 5.01. The molecule has 2 aromatic rings. The summed E-state index contributed by atoms with van der Waals surface area (Å²) in [5.74, 6) is 3.51. The predicted molar refractivity (Wildman–Crippen MR) is 111 cm³/mol. The van der Waals surface area contributed by atoms with Crippen LogP contribution in [0.25, 0.3) is 10.9 Å². The fourth-order valence-corrected chi connectivity index (χ4v) is 6.13. The molecule has 0 radical (unpaired) electrons. The monoisotopic (exact) mass is 370 g/mol. The SMILES string of the molecule is CCCN1C[C@H](CSCC(=O)CC)C[C@@H]2c3cccc4[nH]cc(c34)C[C@H]21. The van der Waals surface area contributed by atoms with Crippen molar-refractivity contribution < 1.29 is 4.79 Å². The Morgan fingerprint density at radius 1 is 1.35 bits per heavy atom. The summed E-state index contributed by atoms with van der Waals surface area (Å²) < 4.78 is 0. The molecule has 1 saturated heterocycles. The highest BCUT2D eigenvalue weighted by molar-refractivity contribution is 7.99. The van der Waals surface area contributed by atoms with Crippen LogP contribution in [0, 0.1) is 5.92 Å².